The molecule has 2 aliphatic heterocycles. The number of hydrogen-bond donors (Lipinski definition) is 3. The average molecular weight is 423 g/mol. The molecule has 2 amide bonds. The Bertz CT molecular complexity index is 971. The molecule has 4 rings (SSSR count). The third-order valence-electron chi connectivity index (χ3n) is 5.95. The van der Waals surface area contributed by atoms with Gasteiger partial charge < -0.3 is 25.3 Å². The summed E-state index contributed by atoms with van der Waals surface area (Å²) in [6, 6.07) is 0.742. The highest BCUT2D eigenvalue weighted by Gasteiger charge is 2.48. The quantitative estimate of drug-likeness (QED) is 0.684. The Morgan fingerprint density at radius 1 is 1.20 bits per heavy atom. The Kier molecular flexibility index (Phi) is 4.97. The number of fused-ring (bicyclic) bond motifs is 3. The first-order chi connectivity index (χ1) is 14.2. The molecule has 3 aliphatic rings. The number of rotatable bonds is 3. The van der Waals surface area contributed by atoms with Crippen LogP contribution in [-0.4, -0.2) is 57.1 Å². The van der Waals surface area contributed by atoms with Crippen molar-refractivity contribution in [2.45, 2.75) is 44.0 Å². The Morgan fingerprint density at radius 2 is 1.83 bits per heavy atom. The monoisotopic (exact) mass is 423 g/mol. The number of nitrogens with zero attached hydrogens (tertiary/aromatic N) is 2. The van der Waals surface area contributed by atoms with Gasteiger partial charge in [0.2, 0.25) is 0 Å². The van der Waals surface area contributed by atoms with Crippen molar-refractivity contribution in [1.82, 2.24) is 15.1 Å². The minimum Gasteiger partial charge on any atom is -0.507 e. The maximum atomic E-state index is 13.8. The number of halogens is 3. The Morgan fingerprint density at radius 3 is 2.50 bits per heavy atom. The van der Waals surface area contributed by atoms with Crippen LogP contribution in [0.1, 0.15) is 24.8 Å². The van der Waals surface area contributed by atoms with Gasteiger partial charge >= 0.3 is 0 Å². The highest BCUT2D eigenvalue weighted by molar-refractivity contribution is 5.99. The average Bonchev–Trinajstić information content (AvgIpc) is 3.17. The summed E-state index contributed by atoms with van der Waals surface area (Å²) in [5.74, 6) is -5.38. The van der Waals surface area contributed by atoms with Gasteiger partial charge in [0, 0.05) is 37.5 Å². The van der Waals surface area contributed by atoms with Crippen molar-refractivity contribution in [3.05, 3.63) is 58.4 Å². The van der Waals surface area contributed by atoms with Crippen molar-refractivity contribution in [3.63, 3.8) is 0 Å². The molecule has 2 fully saturated rings. The first-order valence-electron chi connectivity index (χ1n) is 9.50. The van der Waals surface area contributed by atoms with Crippen molar-refractivity contribution in [3.8, 4) is 0 Å². The van der Waals surface area contributed by atoms with E-state index >= 15 is 0 Å². The number of hydrogen-bond acceptors (Lipinski definition) is 5. The van der Waals surface area contributed by atoms with Gasteiger partial charge in [0.15, 0.2) is 5.76 Å². The van der Waals surface area contributed by atoms with E-state index < -0.39 is 53.2 Å². The molecule has 30 heavy (non-hydrogen) atoms. The van der Waals surface area contributed by atoms with Gasteiger partial charge in [0.05, 0.1) is 17.7 Å². The summed E-state index contributed by atoms with van der Waals surface area (Å²) in [5.41, 5.74) is -0.885. The highest BCUT2D eigenvalue weighted by atomic mass is 19.1. The van der Waals surface area contributed by atoms with E-state index in [-0.39, 0.29) is 23.4 Å². The van der Waals surface area contributed by atoms with E-state index in [2.05, 4.69) is 5.32 Å². The van der Waals surface area contributed by atoms with Gasteiger partial charge in [0.25, 0.3) is 11.8 Å². The molecule has 1 saturated heterocycles. The van der Waals surface area contributed by atoms with Crippen LogP contribution in [0.3, 0.4) is 0 Å². The van der Waals surface area contributed by atoms with Crippen LogP contribution in [0.2, 0.25) is 0 Å². The Balaban J connectivity index is 1.59. The fraction of sp³-hybridized carbons (Fsp3) is 0.400. The molecule has 1 aliphatic carbocycles. The molecule has 1 saturated carbocycles. The fourth-order valence-electron chi connectivity index (χ4n) is 4.38. The number of carbonyl (C=O) groups excluding carboxylic acids is 2. The first-order valence-corrected chi connectivity index (χ1v) is 9.50. The van der Waals surface area contributed by atoms with Crippen LogP contribution in [0, 0.1) is 17.5 Å². The number of carbonyl (C=O) groups is 2. The molecular formula is C20H20F3N3O4. The molecule has 0 bridgehead atoms. The van der Waals surface area contributed by atoms with Crippen LogP contribution in [-0.2, 0) is 16.1 Å². The van der Waals surface area contributed by atoms with Crippen molar-refractivity contribution in [2.75, 3.05) is 7.05 Å². The van der Waals surface area contributed by atoms with Crippen LogP contribution in [0.5, 0.6) is 0 Å². The summed E-state index contributed by atoms with van der Waals surface area (Å²) in [6.45, 7) is -0.591. The SMILES string of the molecule is CN1C(=O)C2=C(O)C(O)C(C(=O)NCc3c(F)cc(F)cc3F)=CN2[C@@H]2CCC[C@@H]21. The van der Waals surface area contributed by atoms with Gasteiger partial charge in [-0.3, -0.25) is 9.59 Å². The number of likely N-dealkylation sites (N-methyl/N-ethyl adjacent to an activating group) is 1. The van der Waals surface area contributed by atoms with Gasteiger partial charge in [-0.15, -0.1) is 0 Å². The van der Waals surface area contributed by atoms with Gasteiger partial charge in [-0.2, -0.15) is 0 Å². The van der Waals surface area contributed by atoms with E-state index in [4.69, 9.17) is 0 Å². The van der Waals surface area contributed by atoms with Crippen molar-refractivity contribution >= 4 is 11.8 Å². The summed E-state index contributed by atoms with van der Waals surface area (Å²) in [6.07, 6.45) is 1.90. The topological polar surface area (TPSA) is 93.1 Å². The molecule has 2 heterocycles. The van der Waals surface area contributed by atoms with E-state index in [0.29, 0.717) is 12.1 Å². The molecular weight excluding hydrogens is 403 g/mol. The lowest BCUT2D eigenvalue weighted by atomic mass is 9.95. The van der Waals surface area contributed by atoms with Crippen LogP contribution in [0.15, 0.2) is 35.4 Å². The Hall–Kier alpha value is -3.01. The Labute approximate surface area is 170 Å². The minimum absolute atomic E-state index is 0.0830. The summed E-state index contributed by atoms with van der Waals surface area (Å²) < 4.78 is 40.6. The molecule has 7 nitrogen and oxygen atoms in total. The largest absolute Gasteiger partial charge is 0.507 e. The zero-order chi connectivity index (χ0) is 21.7. The number of piperazine rings is 1. The van der Waals surface area contributed by atoms with Gasteiger partial charge in [-0.25, -0.2) is 13.2 Å². The third-order valence-corrected chi connectivity index (χ3v) is 5.95. The van der Waals surface area contributed by atoms with Crippen molar-refractivity contribution in [1.29, 1.82) is 0 Å². The molecule has 0 aromatic heterocycles. The van der Waals surface area contributed by atoms with Crippen molar-refractivity contribution in [2.24, 2.45) is 0 Å². The van der Waals surface area contributed by atoms with Gasteiger partial charge in [-0.1, -0.05) is 0 Å². The van der Waals surface area contributed by atoms with E-state index in [1.54, 1.807) is 7.05 Å². The zero-order valence-electron chi connectivity index (χ0n) is 16.0. The number of benzene rings is 1. The second-order valence-corrected chi connectivity index (χ2v) is 7.64. The normalized spacial score (nSPS) is 25.8. The second kappa shape index (κ2) is 7.35. The summed E-state index contributed by atoms with van der Waals surface area (Å²) >= 11 is 0. The molecule has 3 atom stereocenters. The highest BCUT2D eigenvalue weighted by Crippen LogP contribution is 2.39. The van der Waals surface area contributed by atoms with Crippen LogP contribution < -0.4 is 5.32 Å². The number of aliphatic hydroxyl groups excluding tert-OH is 2. The molecule has 1 aromatic rings. The molecule has 0 radical (unpaired) electrons. The standard InChI is InChI=1S/C20H20F3N3O4/c1-25-14-3-2-4-15(14)26-8-11(17(27)18(28)16(26)20(25)30)19(29)24-7-10-12(22)5-9(21)6-13(10)23/h5-6,8,14-15,17,27-28H,2-4,7H2,1H3,(H,24,29)/t14-,15+,17?/m0/s1. The summed E-state index contributed by atoms with van der Waals surface area (Å²) in [4.78, 5) is 28.3. The maximum Gasteiger partial charge on any atom is 0.274 e. The lowest BCUT2D eigenvalue weighted by molar-refractivity contribution is -0.134. The molecule has 160 valence electrons. The van der Waals surface area contributed by atoms with Crippen molar-refractivity contribution < 1.29 is 33.0 Å². The van der Waals surface area contributed by atoms with E-state index in [0.717, 1.165) is 19.3 Å². The molecule has 1 aromatic carbocycles. The molecule has 3 N–H and O–H groups in total. The zero-order valence-corrected chi connectivity index (χ0v) is 16.0. The summed E-state index contributed by atoms with van der Waals surface area (Å²) in [5, 5.41) is 23.1. The fourth-order valence-corrected chi connectivity index (χ4v) is 4.38. The second-order valence-electron chi connectivity index (χ2n) is 7.64. The van der Waals surface area contributed by atoms with Gasteiger partial charge in [-0.05, 0) is 19.3 Å². The van der Waals surface area contributed by atoms with Crippen LogP contribution in [0.25, 0.3) is 0 Å². The number of nitrogens with one attached hydrogen (secondary N) is 1. The minimum atomic E-state index is -1.77. The summed E-state index contributed by atoms with van der Waals surface area (Å²) in [7, 11) is 1.63. The van der Waals surface area contributed by atoms with Crippen LogP contribution >= 0.6 is 0 Å². The van der Waals surface area contributed by atoms with Gasteiger partial charge in [0.1, 0.15) is 29.3 Å². The van der Waals surface area contributed by atoms with E-state index in [1.165, 1.54) is 16.0 Å². The van der Waals surface area contributed by atoms with E-state index in [9.17, 15) is 33.0 Å². The smallest absolute Gasteiger partial charge is 0.274 e. The van der Waals surface area contributed by atoms with E-state index in [1.807, 2.05) is 0 Å². The lowest BCUT2D eigenvalue weighted by Crippen LogP contribution is -2.58. The predicted octanol–water partition coefficient (Wildman–Crippen LogP) is 1.44. The first kappa shape index (κ1) is 20.3. The third kappa shape index (κ3) is 3.11. The lowest BCUT2D eigenvalue weighted by Gasteiger charge is -2.46. The molecule has 10 heteroatoms. The molecule has 0 spiro atoms. The maximum absolute atomic E-state index is 13.8. The van der Waals surface area contributed by atoms with Crippen LogP contribution in [0.4, 0.5) is 13.2 Å². The number of amides is 2. The number of aliphatic hydroxyl groups is 2. The molecule has 1 unspecified atom stereocenters. The predicted molar refractivity (Wildman–Crippen MR) is 97.9 cm³/mol.